The number of nitrogens with one attached hydrogen (secondary N) is 3. The van der Waals surface area contributed by atoms with E-state index in [4.69, 9.17) is 4.98 Å². The molecule has 3 N–H and O–H groups in total. The first kappa shape index (κ1) is 31.1. The van der Waals surface area contributed by atoms with Crippen LogP contribution in [0.25, 0.3) is 33.1 Å². The Morgan fingerprint density at radius 2 is 1.87 bits per heavy atom. The Balaban J connectivity index is 1.37. The Kier molecular flexibility index (Phi) is 8.70. The maximum atomic E-state index is 13.1. The molecule has 1 fully saturated rings. The number of hydrogen-bond acceptors (Lipinski definition) is 6. The number of amides is 1. The summed E-state index contributed by atoms with van der Waals surface area (Å²) in [6.45, 7) is 4.79. The second-order valence-electron chi connectivity index (χ2n) is 12.2. The summed E-state index contributed by atoms with van der Waals surface area (Å²) in [5.41, 5.74) is 3.46. The molecular weight excluding hydrogens is 597 g/mol. The molecule has 1 aliphatic carbocycles. The molecule has 0 bridgehead atoms. The smallest absolute Gasteiger partial charge is 0.405 e. The van der Waals surface area contributed by atoms with E-state index in [1.165, 1.54) is 12.1 Å². The van der Waals surface area contributed by atoms with Gasteiger partial charge in [-0.2, -0.15) is 5.10 Å². The van der Waals surface area contributed by atoms with Crippen molar-refractivity contribution in [1.29, 1.82) is 0 Å². The number of aromatic amines is 1. The Morgan fingerprint density at radius 1 is 1.09 bits per heavy atom. The summed E-state index contributed by atoms with van der Waals surface area (Å²) in [6, 6.07) is 16.7. The number of anilines is 2. The molecule has 0 unspecified atom stereocenters. The number of rotatable bonds is 10. The summed E-state index contributed by atoms with van der Waals surface area (Å²) in [4.78, 5) is 29.3. The van der Waals surface area contributed by atoms with Gasteiger partial charge in [0.2, 0.25) is 5.95 Å². The van der Waals surface area contributed by atoms with Crippen LogP contribution in [0.3, 0.4) is 0 Å². The van der Waals surface area contributed by atoms with Crippen LogP contribution in [0.2, 0.25) is 0 Å². The highest BCUT2D eigenvalue weighted by atomic mass is 19.4. The number of carbonyl (C=O) groups excluding carboxylic acids is 2. The Bertz CT molecular complexity index is 1870. The third kappa shape index (κ3) is 6.70. The zero-order valence-electron chi connectivity index (χ0n) is 25.5. The number of benzene rings is 3. The van der Waals surface area contributed by atoms with E-state index < -0.39 is 6.36 Å². The molecule has 12 heteroatoms. The van der Waals surface area contributed by atoms with Gasteiger partial charge in [0.25, 0.3) is 5.91 Å². The lowest BCUT2D eigenvalue weighted by Crippen LogP contribution is -2.25. The minimum atomic E-state index is -4.83. The van der Waals surface area contributed by atoms with E-state index in [0.717, 1.165) is 43.9 Å². The van der Waals surface area contributed by atoms with Gasteiger partial charge < -0.3 is 24.7 Å². The van der Waals surface area contributed by atoms with E-state index in [9.17, 15) is 22.8 Å². The van der Waals surface area contributed by atoms with Crippen molar-refractivity contribution in [1.82, 2.24) is 25.1 Å². The number of aldehydes is 1. The summed E-state index contributed by atoms with van der Waals surface area (Å²) < 4.78 is 45.8. The number of H-pyrrole nitrogens is 1. The van der Waals surface area contributed by atoms with Crippen LogP contribution in [-0.2, 0) is 4.79 Å². The molecule has 1 amide bonds. The average Bonchev–Trinajstić information content (AvgIpc) is 3.60. The van der Waals surface area contributed by atoms with Crippen molar-refractivity contribution >= 4 is 45.9 Å². The molecule has 2 heterocycles. The van der Waals surface area contributed by atoms with Crippen LogP contribution >= 0.6 is 0 Å². The number of imidazole rings is 1. The van der Waals surface area contributed by atoms with Gasteiger partial charge in [-0.15, -0.1) is 13.2 Å². The zero-order valence-corrected chi connectivity index (χ0v) is 25.5. The van der Waals surface area contributed by atoms with Crippen molar-refractivity contribution < 1.29 is 27.5 Å². The van der Waals surface area contributed by atoms with Crippen molar-refractivity contribution in [3.8, 4) is 16.9 Å². The lowest BCUT2D eigenvalue weighted by molar-refractivity contribution is -0.274. The van der Waals surface area contributed by atoms with Gasteiger partial charge in [-0.3, -0.25) is 9.89 Å². The Hall–Kier alpha value is -4.87. The Labute approximate surface area is 263 Å². The summed E-state index contributed by atoms with van der Waals surface area (Å²) in [6.07, 6.45) is 0.152. The molecule has 240 valence electrons. The van der Waals surface area contributed by atoms with Crippen molar-refractivity contribution in [2.24, 2.45) is 11.8 Å². The van der Waals surface area contributed by atoms with Crippen molar-refractivity contribution in [2.75, 3.05) is 11.9 Å². The quantitative estimate of drug-likeness (QED) is 0.135. The molecule has 5 aromatic rings. The lowest BCUT2D eigenvalue weighted by atomic mass is 9.87. The SMILES string of the molecule is CC(C)CCNC(=O)c1ccc2c(c1)nc(Nc1n[nH]c3ccc(-c4ccccc4OC(F)(F)F)cc13)n2C1CCC(C=O)CC1. The van der Waals surface area contributed by atoms with Crippen LogP contribution < -0.4 is 15.4 Å². The second-order valence-corrected chi connectivity index (χ2v) is 12.2. The standard InChI is InChI=1S/C34H35F3N6O3/c1-20(2)15-16-38-32(45)23-10-14-29-28(18-23)39-33(43(29)24-11-7-21(19-44)8-12-24)40-31-26-17-22(9-13-27(26)41-42-31)25-5-3-4-6-30(25)46-34(35,36)37/h3-6,9-10,13-14,17-21,24H,7-8,11-12,15-16H2,1-2H3,(H,38,45)(H2,39,40,41,42). The largest absolute Gasteiger partial charge is 0.573 e. The van der Waals surface area contributed by atoms with Gasteiger partial charge >= 0.3 is 6.36 Å². The molecular formula is C34H35F3N6O3. The molecule has 46 heavy (non-hydrogen) atoms. The maximum absolute atomic E-state index is 13.1. The molecule has 9 nitrogen and oxygen atoms in total. The molecule has 1 saturated carbocycles. The highest BCUT2D eigenvalue weighted by Crippen LogP contribution is 2.39. The Morgan fingerprint density at radius 3 is 2.61 bits per heavy atom. The monoisotopic (exact) mass is 632 g/mol. The van der Waals surface area contributed by atoms with Crippen LogP contribution in [0, 0.1) is 11.8 Å². The molecule has 3 aromatic carbocycles. The number of ether oxygens (including phenoxy) is 1. The van der Waals surface area contributed by atoms with Crippen molar-refractivity contribution in [3.63, 3.8) is 0 Å². The second kappa shape index (κ2) is 12.9. The molecule has 0 radical (unpaired) electrons. The van der Waals surface area contributed by atoms with E-state index in [-0.39, 0.29) is 29.2 Å². The highest BCUT2D eigenvalue weighted by molar-refractivity contribution is 5.98. The number of aromatic nitrogens is 4. The summed E-state index contributed by atoms with van der Waals surface area (Å²) >= 11 is 0. The van der Waals surface area contributed by atoms with Crippen LogP contribution in [0.1, 0.15) is 62.4 Å². The van der Waals surface area contributed by atoms with E-state index in [1.807, 2.05) is 6.07 Å². The normalized spacial score (nSPS) is 17.0. The average molecular weight is 633 g/mol. The number of alkyl halides is 3. The third-order valence-electron chi connectivity index (χ3n) is 8.47. The number of carbonyl (C=O) groups is 2. The maximum Gasteiger partial charge on any atom is 0.573 e. The van der Waals surface area contributed by atoms with Crippen molar-refractivity contribution in [3.05, 3.63) is 66.2 Å². The topological polar surface area (TPSA) is 114 Å². The van der Waals surface area contributed by atoms with E-state index in [1.54, 1.807) is 42.5 Å². The van der Waals surface area contributed by atoms with Crippen LogP contribution in [0.15, 0.2) is 60.7 Å². The number of nitrogens with zero attached hydrogens (tertiary/aromatic N) is 3. The number of hydrogen-bond donors (Lipinski definition) is 3. The first-order valence-electron chi connectivity index (χ1n) is 15.5. The van der Waals surface area contributed by atoms with E-state index in [0.29, 0.717) is 51.8 Å². The van der Waals surface area contributed by atoms with Gasteiger partial charge in [0.05, 0.1) is 16.6 Å². The predicted octanol–water partition coefficient (Wildman–Crippen LogP) is 7.93. The minimum Gasteiger partial charge on any atom is -0.405 e. The number of halogens is 3. The lowest BCUT2D eigenvalue weighted by Gasteiger charge is -2.28. The third-order valence-corrected chi connectivity index (χ3v) is 8.47. The molecule has 0 atom stereocenters. The molecule has 0 saturated heterocycles. The first-order valence-corrected chi connectivity index (χ1v) is 15.5. The fraction of sp³-hybridized carbons (Fsp3) is 0.353. The summed E-state index contributed by atoms with van der Waals surface area (Å²) in [5, 5.41) is 14.4. The van der Waals surface area contributed by atoms with Gasteiger partial charge in [0, 0.05) is 35.0 Å². The minimum absolute atomic E-state index is 0.0292. The fourth-order valence-electron chi connectivity index (χ4n) is 6.07. The van der Waals surface area contributed by atoms with Crippen LogP contribution in [0.5, 0.6) is 5.75 Å². The molecule has 1 aliphatic rings. The predicted molar refractivity (Wildman–Crippen MR) is 170 cm³/mol. The highest BCUT2D eigenvalue weighted by Gasteiger charge is 2.32. The molecule has 6 rings (SSSR count). The summed E-state index contributed by atoms with van der Waals surface area (Å²) in [7, 11) is 0. The molecule has 2 aromatic heterocycles. The van der Waals surface area contributed by atoms with Gasteiger partial charge in [-0.25, -0.2) is 4.98 Å². The molecule has 0 spiro atoms. The zero-order chi connectivity index (χ0) is 32.4. The molecule has 0 aliphatic heterocycles. The van der Waals surface area contributed by atoms with Gasteiger partial charge in [0.15, 0.2) is 5.82 Å². The first-order chi connectivity index (χ1) is 22.1. The number of para-hydroxylation sites is 1. The van der Waals surface area contributed by atoms with Gasteiger partial charge in [-0.1, -0.05) is 38.1 Å². The van der Waals surface area contributed by atoms with Gasteiger partial charge in [-0.05, 0) is 80.0 Å². The van der Waals surface area contributed by atoms with Gasteiger partial charge in [0.1, 0.15) is 12.0 Å². The number of fused-ring (bicyclic) bond motifs is 2. The van der Waals surface area contributed by atoms with Crippen LogP contribution in [-0.4, -0.2) is 44.8 Å². The van der Waals surface area contributed by atoms with Crippen LogP contribution in [0.4, 0.5) is 24.9 Å². The van der Waals surface area contributed by atoms with Crippen molar-refractivity contribution in [2.45, 2.75) is 58.4 Å². The summed E-state index contributed by atoms with van der Waals surface area (Å²) in [5.74, 6) is 0.986. The fourth-order valence-corrected chi connectivity index (χ4v) is 6.07. The van der Waals surface area contributed by atoms with E-state index >= 15 is 0 Å². The van der Waals surface area contributed by atoms with E-state index in [2.05, 4.69) is 44.0 Å².